The monoisotopic (exact) mass is 495 g/mol. The summed E-state index contributed by atoms with van der Waals surface area (Å²) in [4.78, 5) is 12.5. The predicted molar refractivity (Wildman–Crippen MR) is 116 cm³/mol. The van der Waals surface area contributed by atoms with Crippen LogP contribution in [0.1, 0.15) is 58.8 Å². The quantitative estimate of drug-likeness (QED) is 0.447. The zero-order valence-electron chi connectivity index (χ0n) is 19.7. The number of rotatable bonds is 4. The highest BCUT2D eigenvalue weighted by Crippen LogP contribution is 2.47. The molecule has 0 bridgehead atoms. The largest absolute Gasteiger partial charge is 0.497 e. The molecule has 1 aromatic carbocycles. The van der Waals surface area contributed by atoms with Crippen LogP contribution in [0.3, 0.4) is 0 Å². The fourth-order valence-corrected chi connectivity index (χ4v) is 6.29. The van der Waals surface area contributed by atoms with E-state index in [0.717, 1.165) is 12.1 Å². The lowest BCUT2D eigenvalue weighted by atomic mass is 9.95. The van der Waals surface area contributed by atoms with E-state index >= 15 is 0 Å². The molecule has 3 unspecified atom stereocenters. The summed E-state index contributed by atoms with van der Waals surface area (Å²) in [5.41, 5.74) is -1.57. The predicted octanol–water partition coefficient (Wildman–Crippen LogP) is 4.70. The number of hydrogen-bond acceptors (Lipinski definition) is 5. The van der Waals surface area contributed by atoms with Crippen LogP contribution in [0.15, 0.2) is 24.3 Å². The van der Waals surface area contributed by atoms with Crippen LogP contribution in [0.2, 0.25) is 18.1 Å². The molecule has 1 aliphatic rings. The molecule has 0 N–H and O–H groups in total. The molecule has 1 aromatic rings. The van der Waals surface area contributed by atoms with Gasteiger partial charge < -0.3 is 14.3 Å². The van der Waals surface area contributed by atoms with Gasteiger partial charge in [0.05, 0.1) is 5.56 Å². The number of carboxylic acid groups (broad SMARTS) is 1. The molecule has 2 rings (SSSR count). The van der Waals surface area contributed by atoms with Crippen molar-refractivity contribution in [1.82, 2.24) is 0 Å². The van der Waals surface area contributed by atoms with Gasteiger partial charge in [0.2, 0.25) is 0 Å². The van der Waals surface area contributed by atoms with E-state index in [0.29, 0.717) is 5.56 Å². The van der Waals surface area contributed by atoms with Gasteiger partial charge in [-0.15, -0.1) is 0 Å². The second kappa shape index (κ2) is 8.50. The Balaban J connectivity index is 2.70. The van der Waals surface area contributed by atoms with Crippen molar-refractivity contribution in [2.45, 2.75) is 83.5 Å². The van der Waals surface area contributed by atoms with Crippen molar-refractivity contribution in [3.8, 4) is 0 Å². The normalized spacial score (nSPS) is 26.2. The second-order valence-corrected chi connectivity index (χ2v) is 16.6. The van der Waals surface area contributed by atoms with Crippen molar-refractivity contribution in [3.63, 3.8) is 0 Å². The first-order valence-corrected chi connectivity index (χ1v) is 14.2. The number of halogens is 3. The van der Waals surface area contributed by atoms with Gasteiger partial charge in [0.25, 0.3) is 6.09 Å². The minimum atomic E-state index is -4.51. The van der Waals surface area contributed by atoms with Gasteiger partial charge in [0.15, 0.2) is 14.4 Å². The van der Waals surface area contributed by atoms with Crippen LogP contribution < -0.4 is 5.11 Å². The zero-order chi connectivity index (χ0) is 24.9. The molecule has 0 aliphatic carbocycles. The Labute approximate surface area is 191 Å². The van der Waals surface area contributed by atoms with Crippen LogP contribution in [0.5, 0.6) is 0 Å². The lowest BCUT2D eigenvalue weighted by Crippen LogP contribution is -2.71. The first-order chi connectivity index (χ1) is 14.3. The topological polar surface area (TPSA) is 75.7 Å². The molecule has 1 aliphatic heterocycles. The van der Waals surface area contributed by atoms with Crippen LogP contribution in [-0.4, -0.2) is 40.7 Å². The van der Waals surface area contributed by atoms with E-state index in [1.54, 1.807) is 20.8 Å². The molecule has 6 nitrogen and oxygen atoms in total. The molecule has 0 aromatic heterocycles. The summed E-state index contributed by atoms with van der Waals surface area (Å²) in [6.07, 6.45) is -7.07. The fourth-order valence-electron chi connectivity index (χ4n) is 3.62. The van der Waals surface area contributed by atoms with Crippen molar-refractivity contribution in [1.29, 1.82) is 0 Å². The van der Waals surface area contributed by atoms with Crippen LogP contribution in [0.25, 0.3) is 0 Å². The summed E-state index contributed by atoms with van der Waals surface area (Å²) in [6, 6.07) is 3.46. The van der Waals surface area contributed by atoms with E-state index in [1.807, 2.05) is 33.9 Å². The summed E-state index contributed by atoms with van der Waals surface area (Å²) in [5, 5.41) is 12.2. The third-order valence-electron chi connectivity index (χ3n) is 6.45. The van der Waals surface area contributed by atoms with E-state index in [1.165, 1.54) is 12.1 Å². The number of carbonyl (C=O) groups is 1. The summed E-state index contributed by atoms with van der Waals surface area (Å²) in [7, 11) is -2.55. The second-order valence-electron chi connectivity index (χ2n) is 10.6. The molecule has 32 heavy (non-hydrogen) atoms. The van der Waals surface area contributed by atoms with E-state index < -0.39 is 59.0 Å². The fraction of sp³-hybridized carbons (Fsp3) is 0.667. The number of quaternary nitrogens is 1. The molecule has 1 fully saturated rings. The standard InChI is InChI=1S/C21H32F3NO5SSi/c1-19(2,3)25(18(26)27)16(13-29-31(25)28)17(30-32(7,8)20(4,5)6)14-9-11-15(12-10-14)21(22,23)24/h9-12,16-17H,13H2,1-8H3/t16-,17?,25?,31?/m1/s1. The highest BCUT2D eigenvalue weighted by Gasteiger charge is 2.64. The molecule has 0 saturated carbocycles. The smallest absolute Gasteiger partial charge is 0.416 e. The van der Waals surface area contributed by atoms with Gasteiger partial charge in [0, 0.05) is 0 Å². The average molecular weight is 496 g/mol. The van der Waals surface area contributed by atoms with E-state index in [9.17, 15) is 27.3 Å². The number of benzene rings is 1. The Bertz CT molecular complexity index is 877. The van der Waals surface area contributed by atoms with Crippen molar-refractivity contribution in [2.24, 2.45) is 0 Å². The number of alkyl halides is 3. The molecule has 1 heterocycles. The Morgan fingerprint density at radius 3 is 2.03 bits per heavy atom. The van der Waals surface area contributed by atoms with Gasteiger partial charge in [-0.05, 0) is 56.6 Å². The lowest BCUT2D eigenvalue weighted by molar-refractivity contribution is -0.825. The molecule has 182 valence electrons. The molecular weight excluding hydrogens is 463 g/mol. The Kier molecular flexibility index (Phi) is 7.16. The van der Waals surface area contributed by atoms with E-state index in [-0.39, 0.29) is 11.6 Å². The highest BCUT2D eigenvalue weighted by atomic mass is 32.2. The molecule has 4 atom stereocenters. The molecule has 0 spiro atoms. The maximum atomic E-state index is 13.1. The molecule has 1 saturated heterocycles. The molecular formula is C21H32F3NO5SSi. The van der Waals surface area contributed by atoms with Crippen LogP contribution >= 0.6 is 0 Å². The van der Waals surface area contributed by atoms with Gasteiger partial charge in [-0.3, -0.25) is 0 Å². The van der Waals surface area contributed by atoms with Crippen LogP contribution in [0.4, 0.5) is 18.0 Å². The average Bonchev–Trinajstić information content (AvgIpc) is 2.96. The Hall–Kier alpha value is -1.27. The lowest BCUT2D eigenvalue weighted by Gasteiger charge is -2.48. The molecule has 11 heteroatoms. The Morgan fingerprint density at radius 2 is 1.66 bits per heavy atom. The van der Waals surface area contributed by atoms with Crippen molar-refractivity contribution >= 4 is 25.7 Å². The van der Waals surface area contributed by atoms with Gasteiger partial charge in [-0.2, -0.15) is 21.3 Å². The first-order valence-electron chi connectivity index (χ1n) is 10.3. The maximum Gasteiger partial charge on any atom is 0.416 e. The van der Waals surface area contributed by atoms with Gasteiger partial charge in [-0.25, -0.2) is 4.18 Å². The zero-order valence-corrected chi connectivity index (χ0v) is 21.5. The van der Waals surface area contributed by atoms with Gasteiger partial charge in [0.1, 0.15) is 18.2 Å². The minimum Gasteiger partial charge on any atom is -0.497 e. The summed E-state index contributed by atoms with van der Waals surface area (Å²) in [6.45, 7) is 14.5. The van der Waals surface area contributed by atoms with E-state index in [2.05, 4.69) is 0 Å². The van der Waals surface area contributed by atoms with Gasteiger partial charge in [-0.1, -0.05) is 32.9 Å². The first kappa shape index (κ1) is 27.0. The summed E-state index contributed by atoms with van der Waals surface area (Å²) in [5.74, 6) is 0. The number of amides is 1. The number of carbonyl (C=O) groups excluding carboxylic acids is 1. The van der Waals surface area contributed by atoms with Crippen molar-refractivity contribution < 1.29 is 39.8 Å². The van der Waals surface area contributed by atoms with Crippen molar-refractivity contribution in [3.05, 3.63) is 35.4 Å². The van der Waals surface area contributed by atoms with Crippen molar-refractivity contribution in [2.75, 3.05) is 6.61 Å². The minimum absolute atomic E-state index is 0.210. The third-order valence-corrected chi connectivity index (χ3v) is 12.7. The Morgan fingerprint density at radius 1 is 1.16 bits per heavy atom. The van der Waals surface area contributed by atoms with Gasteiger partial charge >= 0.3 is 17.4 Å². The van der Waals surface area contributed by atoms with Crippen LogP contribution in [-0.2, 0) is 26.1 Å². The number of nitrogens with zero attached hydrogens (tertiary/aromatic N) is 1. The summed E-state index contributed by atoms with van der Waals surface area (Å²) < 4.78 is 63.1. The number of hydrogen-bond donors (Lipinski definition) is 0. The van der Waals surface area contributed by atoms with Crippen LogP contribution in [0, 0.1) is 0 Å². The molecule has 0 radical (unpaired) electrons. The maximum absolute atomic E-state index is 13.1. The molecule has 1 amide bonds. The summed E-state index contributed by atoms with van der Waals surface area (Å²) >= 11 is -2.28. The highest BCUT2D eigenvalue weighted by molar-refractivity contribution is 7.74. The van der Waals surface area contributed by atoms with E-state index in [4.69, 9.17) is 8.61 Å². The SMILES string of the molecule is CC(C)(C)[N+]1(C(=O)[O-])[C@@H](C(O[Si](C)(C)C(C)(C)C)c2ccc(C(F)(F)F)cc2)COS1=O. The third kappa shape index (κ3) is 4.68.